The Kier molecular flexibility index (Phi) is 6.18. The van der Waals surface area contributed by atoms with E-state index in [1.54, 1.807) is 19.2 Å². The molecule has 0 saturated heterocycles. The highest BCUT2D eigenvalue weighted by Gasteiger charge is 2.31. The zero-order valence-corrected chi connectivity index (χ0v) is 19.5. The van der Waals surface area contributed by atoms with Crippen LogP contribution in [-0.4, -0.2) is 29.3 Å². The van der Waals surface area contributed by atoms with Crippen molar-refractivity contribution in [3.05, 3.63) is 108 Å². The van der Waals surface area contributed by atoms with Crippen molar-refractivity contribution in [1.29, 1.82) is 0 Å². The summed E-state index contributed by atoms with van der Waals surface area (Å²) < 4.78 is 23.3. The van der Waals surface area contributed by atoms with Gasteiger partial charge in [0, 0.05) is 18.1 Å². The van der Waals surface area contributed by atoms with E-state index in [0.717, 1.165) is 35.5 Å². The highest BCUT2D eigenvalue weighted by atomic mass is 16.7. The standard InChI is InChI=1S/C27H26BNO6/c1-18-5-3-6-21(15-18)33-24-8-4-7-22-23(24)13-14-25(22)32-20-11-9-19(10-12-20)28-34-26(30)16-29(2)17-27(31)35-28/h3-12,15-17,25,30-31H,13-14H2,1-2H3/b26-16-,27-17?/t25-/m1/s1. The van der Waals surface area contributed by atoms with Gasteiger partial charge in [-0.2, -0.15) is 0 Å². The Morgan fingerprint density at radius 2 is 1.63 bits per heavy atom. The van der Waals surface area contributed by atoms with Gasteiger partial charge in [0.15, 0.2) is 0 Å². The molecule has 1 atom stereocenters. The van der Waals surface area contributed by atoms with Gasteiger partial charge >= 0.3 is 7.12 Å². The molecule has 0 bridgehead atoms. The molecule has 0 saturated carbocycles. The summed E-state index contributed by atoms with van der Waals surface area (Å²) >= 11 is 0. The van der Waals surface area contributed by atoms with Crippen LogP contribution in [0, 0.1) is 6.92 Å². The van der Waals surface area contributed by atoms with Crippen molar-refractivity contribution in [2.75, 3.05) is 7.05 Å². The number of rotatable bonds is 5. The number of benzene rings is 3. The zero-order chi connectivity index (χ0) is 24.4. The third-order valence-electron chi connectivity index (χ3n) is 5.90. The van der Waals surface area contributed by atoms with Crippen LogP contribution in [0.1, 0.15) is 29.2 Å². The monoisotopic (exact) mass is 471 g/mol. The third kappa shape index (κ3) is 5.16. The fourth-order valence-corrected chi connectivity index (χ4v) is 4.30. The summed E-state index contributed by atoms with van der Waals surface area (Å²) in [6.45, 7) is 2.05. The lowest BCUT2D eigenvalue weighted by molar-refractivity contribution is 0.124. The van der Waals surface area contributed by atoms with Gasteiger partial charge < -0.3 is 33.9 Å². The zero-order valence-electron chi connectivity index (χ0n) is 19.5. The Hall–Kier alpha value is -4.20. The molecule has 3 aromatic rings. The van der Waals surface area contributed by atoms with E-state index in [9.17, 15) is 10.2 Å². The summed E-state index contributed by atoms with van der Waals surface area (Å²) in [5.41, 5.74) is 4.06. The molecular weight excluding hydrogens is 445 g/mol. The summed E-state index contributed by atoms with van der Waals surface area (Å²) in [5, 5.41) is 19.9. The number of hydrogen-bond acceptors (Lipinski definition) is 7. The highest BCUT2D eigenvalue weighted by Crippen LogP contribution is 2.40. The number of fused-ring (bicyclic) bond motifs is 1. The van der Waals surface area contributed by atoms with E-state index in [1.807, 2.05) is 55.5 Å². The highest BCUT2D eigenvalue weighted by molar-refractivity contribution is 6.61. The fourth-order valence-electron chi connectivity index (χ4n) is 4.30. The first kappa shape index (κ1) is 22.6. The summed E-state index contributed by atoms with van der Waals surface area (Å²) in [7, 11) is 0.628. The fraction of sp³-hybridized carbons (Fsp3) is 0.185. The second-order valence-electron chi connectivity index (χ2n) is 8.62. The molecular formula is C27H26BNO6. The average molecular weight is 471 g/mol. The predicted octanol–water partition coefficient (Wildman–Crippen LogP) is 5.24. The summed E-state index contributed by atoms with van der Waals surface area (Å²) in [6, 6.07) is 21.3. The van der Waals surface area contributed by atoms with Crippen LogP contribution in [0.25, 0.3) is 0 Å². The first-order chi connectivity index (χ1) is 16.9. The van der Waals surface area contributed by atoms with Crippen molar-refractivity contribution in [3.8, 4) is 17.2 Å². The van der Waals surface area contributed by atoms with Gasteiger partial charge in [-0.3, -0.25) is 0 Å². The van der Waals surface area contributed by atoms with Crippen LogP contribution in [0.2, 0.25) is 0 Å². The lowest BCUT2D eigenvalue weighted by Gasteiger charge is -2.20. The van der Waals surface area contributed by atoms with Gasteiger partial charge in [0.1, 0.15) is 23.4 Å². The van der Waals surface area contributed by atoms with Gasteiger partial charge in [0.05, 0.1) is 12.4 Å². The van der Waals surface area contributed by atoms with Gasteiger partial charge in [0.25, 0.3) is 11.9 Å². The van der Waals surface area contributed by atoms with Crippen LogP contribution in [0.5, 0.6) is 17.2 Å². The Labute approximate surface area is 204 Å². The van der Waals surface area contributed by atoms with Crippen LogP contribution in [0.3, 0.4) is 0 Å². The molecule has 0 unspecified atom stereocenters. The maximum Gasteiger partial charge on any atom is 0.636 e. The maximum atomic E-state index is 9.94. The maximum absolute atomic E-state index is 9.94. The molecule has 178 valence electrons. The normalized spacial score (nSPS) is 18.7. The lowest BCUT2D eigenvalue weighted by Crippen LogP contribution is -2.37. The Morgan fingerprint density at radius 3 is 2.34 bits per heavy atom. The molecule has 0 fully saturated rings. The number of nitrogens with zero attached hydrogens (tertiary/aromatic N) is 1. The van der Waals surface area contributed by atoms with Gasteiger partial charge in [-0.25, -0.2) is 0 Å². The first-order valence-corrected chi connectivity index (χ1v) is 11.4. The molecule has 2 aliphatic rings. The summed E-state index contributed by atoms with van der Waals surface area (Å²) in [5.74, 6) is 1.73. The Bertz CT molecular complexity index is 1250. The Morgan fingerprint density at radius 1 is 0.914 bits per heavy atom. The van der Waals surface area contributed by atoms with Crippen molar-refractivity contribution in [1.82, 2.24) is 4.90 Å². The minimum atomic E-state index is -1.00. The van der Waals surface area contributed by atoms with E-state index in [2.05, 4.69) is 6.07 Å². The topological polar surface area (TPSA) is 80.6 Å². The van der Waals surface area contributed by atoms with Crippen LogP contribution >= 0.6 is 0 Å². The SMILES string of the molecule is Cc1cccc(Oc2cccc3c2CC[C@H]3Oc2ccc(B3OC(O)=CN(C)/C=C(/O)O3)cc2)c1. The van der Waals surface area contributed by atoms with Crippen molar-refractivity contribution in [2.24, 2.45) is 0 Å². The summed E-state index contributed by atoms with van der Waals surface area (Å²) in [4.78, 5) is 1.43. The molecule has 7 nitrogen and oxygen atoms in total. The smallest absolute Gasteiger partial charge is 0.494 e. The van der Waals surface area contributed by atoms with Crippen molar-refractivity contribution >= 4 is 12.6 Å². The second-order valence-corrected chi connectivity index (χ2v) is 8.62. The van der Waals surface area contributed by atoms with Crippen molar-refractivity contribution in [3.63, 3.8) is 0 Å². The largest absolute Gasteiger partial charge is 0.636 e. The van der Waals surface area contributed by atoms with Gasteiger partial charge in [-0.05, 0) is 61.2 Å². The molecule has 1 aliphatic carbocycles. The molecule has 0 aromatic heterocycles. The van der Waals surface area contributed by atoms with Crippen LogP contribution in [-0.2, 0) is 15.7 Å². The number of aliphatic hydroxyl groups excluding tert-OH is 2. The molecule has 3 aromatic carbocycles. The predicted molar refractivity (Wildman–Crippen MR) is 133 cm³/mol. The molecule has 5 rings (SSSR count). The van der Waals surface area contributed by atoms with E-state index in [0.29, 0.717) is 11.2 Å². The van der Waals surface area contributed by atoms with Crippen LogP contribution < -0.4 is 14.9 Å². The molecule has 1 heterocycles. The molecule has 35 heavy (non-hydrogen) atoms. The van der Waals surface area contributed by atoms with E-state index in [4.69, 9.17) is 18.8 Å². The van der Waals surface area contributed by atoms with Gasteiger partial charge in [0.2, 0.25) is 0 Å². The average Bonchev–Trinajstić information content (AvgIpc) is 3.22. The first-order valence-electron chi connectivity index (χ1n) is 11.4. The van der Waals surface area contributed by atoms with Crippen LogP contribution in [0.15, 0.2) is 91.0 Å². The molecule has 0 spiro atoms. The van der Waals surface area contributed by atoms with Crippen molar-refractivity contribution < 1.29 is 29.0 Å². The summed E-state index contributed by atoms with van der Waals surface area (Å²) in [6.07, 6.45) is 4.30. The molecule has 1 aliphatic heterocycles. The molecule has 8 heteroatoms. The van der Waals surface area contributed by atoms with Crippen molar-refractivity contribution in [2.45, 2.75) is 25.9 Å². The minimum absolute atomic E-state index is 0.0831. The van der Waals surface area contributed by atoms with E-state index in [1.165, 1.54) is 22.9 Å². The number of hydrogen-bond donors (Lipinski definition) is 2. The number of aryl methyl sites for hydroxylation is 1. The second kappa shape index (κ2) is 9.58. The number of aliphatic hydroxyl groups is 2. The molecule has 2 N–H and O–H groups in total. The van der Waals surface area contributed by atoms with E-state index >= 15 is 0 Å². The van der Waals surface area contributed by atoms with E-state index < -0.39 is 7.12 Å². The quantitative estimate of drug-likeness (QED) is 0.493. The number of ether oxygens (including phenoxy) is 2. The van der Waals surface area contributed by atoms with Crippen LogP contribution in [0.4, 0.5) is 0 Å². The minimum Gasteiger partial charge on any atom is -0.494 e. The Balaban J connectivity index is 1.29. The van der Waals surface area contributed by atoms with E-state index in [-0.39, 0.29) is 18.0 Å². The van der Waals surface area contributed by atoms with Gasteiger partial charge in [-0.1, -0.05) is 36.4 Å². The third-order valence-corrected chi connectivity index (χ3v) is 5.90. The lowest BCUT2D eigenvalue weighted by atomic mass is 9.79. The van der Waals surface area contributed by atoms with Gasteiger partial charge in [-0.15, -0.1) is 0 Å². The molecule has 0 amide bonds. The molecule has 0 radical (unpaired) electrons.